The molecule has 0 spiro atoms. The van der Waals surface area contributed by atoms with Gasteiger partial charge in [-0.05, 0) is 49.9 Å². The maximum atomic E-state index is 12.7. The Labute approximate surface area is 148 Å². The summed E-state index contributed by atoms with van der Waals surface area (Å²) in [4.78, 5) is 13.5. The highest BCUT2D eigenvalue weighted by Crippen LogP contribution is 2.31. The van der Waals surface area contributed by atoms with E-state index in [1.807, 2.05) is 0 Å². The average Bonchev–Trinajstić information content (AvgIpc) is 2.78. The Kier molecular flexibility index (Phi) is 4.45. The zero-order chi connectivity index (χ0) is 18.5. The summed E-state index contributed by atoms with van der Waals surface area (Å²) in [5.41, 5.74) is 0.569. The number of benzene rings is 1. The highest BCUT2D eigenvalue weighted by Gasteiger charge is 2.41. The molecule has 0 radical (unpaired) electrons. The number of hydrogen-bond donors (Lipinski definition) is 1. The van der Waals surface area contributed by atoms with Crippen LogP contribution < -0.4 is 9.62 Å². The van der Waals surface area contributed by atoms with Crippen molar-refractivity contribution in [1.29, 1.82) is 0 Å². The van der Waals surface area contributed by atoms with Gasteiger partial charge in [-0.3, -0.25) is 4.79 Å². The summed E-state index contributed by atoms with van der Waals surface area (Å²) in [7, 11) is -7.05. The van der Waals surface area contributed by atoms with Gasteiger partial charge in [-0.1, -0.05) is 0 Å². The number of hydrogen-bond acceptors (Lipinski definition) is 5. The SMILES string of the molecule is CC(=O)N1CCCc2cc(S(=O)(=O)N[C@]3(C)CCS(=O)(=O)C3)ccc21. The molecule has 0 bridgehead atoms. The van der Waals surface area contributed by atoms with Crippen molar-refractivity contribution in [3.8, 4) is 0 Å². The van der Waals surface area contributed by atoms with E-state index < -0.39 is 25.4 Å². The number of aryl methyl sites for hydroxylation is 1. The molecule has 25 heavy (non-hydrogen) atoms. The van der Waals surface area contributed by atoms with Gasteiger partial charge in [0.25, 0.3) is 0 Å². The first kappa shape index (κ1) is 18.3. The van der Waals surface area contributed by atoms with Gasteiger partial charge in [-0.15, -0.1) is 0 Å². The number of carbonyl (C=O) groups is 1. The lowest BCUT2D eigenvalue weighted by Gasteiger charge is -2.29. The van der Waals surface area contributed by atoms with Crippen molar-refractivity contribution in [3.05, 3.63) is 23.8 Å². The van der Waals surface area contributed by atoms with Crippen LogP contribution in [0.1, 0.15) is 32.3 Å². The van der Waals surface area contributed by atoms with Gasteiger partial charge in [0, 0.05) is 24.7 Å². The van der Waals surface area contributed by atoms with Crippen molar-refractivity contribution in [2.24, 2.45) is 0 Å². The molecule has 1 N–H and O–H groups in total. The molecule has 2 heterocycles. The van der Waals surface area contributed by atoms with Crippen LogP contribution in [0.5, 0.6) is 0 Å². The largest absolute Gasteiger partial charge is 0.312 e. The first-order chi connectivity index (χ1) is 11.5. The topological polar surface area (TPSA) is 101 Å². The van der Waals surface area contributed by atoms with E-state index >= 15 is 0 Å². The van der Waals surface area contributed by atoms with Crippen molar-refractivity contribution in [1.82, 2.24) is 4.72 Å². The molecule has 0 aromatic heterocycles. The van der Waals surface area contributed by atoms with Crippen LogP contribution >= 0.6 is 0 Å². The zero-order valence-corrected chi connectivity index (χ0v) is 15.9. The van der Waals surface area contributed by atoms with Crippen molar-refractivity contribution < 1.29 is 21.6 Å². The van der Waals surface area contributed by atoms with Crippen LogP contribution in [-0.2, 0) is 31.1 Å². The van der Waals surface area contributed by atoms with Crippen molar-refractivity contribution >= 4 is 31.5 Å². The summed E-state index contributed by atoms with van der Waals surface area (Å²) in [6, 6.07) is 4.70. The van der Waals surface area contributed by atoms with Gasteiger partial charge in [-0.2, -0.15) is 0 Å². The molecule has 0 saturated carbocycles. The van der Waals surface area contributed by atoms with Gasteiger partial charge < -0.3 is 4.90 Å². The summed E-state index contributed by atoms with van der Waals surface area (Å²) in [5, 5.41) is 0. The smallest absolute Gasteiger partial charge is 0.241 e. The van der Waals surface area contributed by atoms with E-state index in [0.717, 1.165) is 17.7 Å². The third-order valence-corrected chi connectivity index (χ3v) is 8.28. The molecule has 7 nitrogen and oxygen atoms in total. The van der Waals surface area contributed by atoms with Crippen LogP contribution in [0.2, 0.25) is 0 Å². The lowest BCUT2D eigenvalue weighted by Crippen LogP contribution is -2.46. The number of fused-ring (bicyclic) bond motifs is 1. The Morgan fingerprint density at radius 1 is 1.32 bits per heavy atom. The van der Waals surface area contributed by atoms with Crippen molar-refractivity contribution in [3.63, 3.8) is 0 Å². The third kappa shape index (κ3) is 3.73. The number of nitrogens with one attached hydrogen (secondary N) is 1. The third-order valence-electron chi connectivity index (χ3n) is 4.74. The van der Waals surface area contributed by atoms with E-state index in [-0.39, 0.29) is 28.7 Å². The van der Waals surface area contributed by atoms with Crippen LogP contribution in [0.3, 0.4) is 0 Å². The summed E-state index contributed by atoms with van der Waals surface area (Å²) in [6.45, 7) is 3.73. The van der Waals surface area contributed by atoms with Crippen LogP contribution in [0.15, 0.2) is 23.1 Å². The minimum absolute atomic E-state index is 0.0101. The quantitative estimate of drug-likeness (QED) is 0.830. The minimum Gasteiger partial charge on any atom is -0.312 e. The number of sulfonamides is 1. The number of carbonyl (C=O) groups excluding carboxylic acids is 1. The van der Waals surface area contributed by atoms with E-state index in [1.165, 1.54) is 13.0 Å². The fourth-order valence-electron chi connectivity index (χ4n) is 3.54. The van der Waals surface area contributed by atoms with Gasteiger partial charge in [0.05, 0.1) is 16.4 Å². The molecule has 1 aromatic carbocycles. The normalized spacial score (nSPS) is 25.6. The second-order valence-electron chi connectivity index (χ2n) is 7.07. The number of anilines is 1. The second kappa shape index (κ2) is 6.07. The summed E-state index contributed by atoms with van der Waals surface area (Å²) < 4.78 is 51.4. The molecule has 2 aliphatic rings. The standard InChI is InChI=1S/C16H22N2O5S2/c1-12(19)18-8-3-4-13-10-14(5-6-15(13)18)25(22,23)17-16(2)7-9-24(20,21)11-16/h5-6,10,17H,3-4,7-9,11H2,1-2H3/t16-/m1/s1. The molecule has 1 amide bonds. The van der Waals surface area contributed by atoms with E-state index in [0.29, 0.717) is 13.0 Å². The molecule has 0 aliphatic carbocycles. The van der Waals surface area contributed by atoms with Crippen LogP contribution in [-0.4, -0.2) is 46.3 Å². The molecule has 1 atom stereocenters. The Morgan fingerprint density at radius 3 is 2.64 bits per heavy atom. The Hall–Kier alpha value is -1.45. The average molecular weight is 386 g/mol. The van der Waals surface area contributed by atoms with Gasteiger partial charge in [0.15, 0.2) is 9.84 Å². The maximum absolute atomic E-state index is 12.7. The predicted molar refractivity (Wildman–Crippen MR) is 94.8 cm³/mol. The zero-order valence-electron chi connectivity index (χ0n) is 14.3. The maximum Gasteiger partial charge on any atom is 0.241 e. The molecule has 3 rings (SSSR count). The van der Waals surface area contributed by atoms with Crippen molar-refractivity contribution in [2.75, 3.05) is 23.0 Å². The Balaban J connectivity index is 1.90. The predicted octanol–water partition coefficient (Wildman–Crippen LogP) is 0.841. The number of rotatable bonds is 3. The first-order valence-electron chi connectivity index (χ1n) is 8.17. The van der Waals surface area contributed by atoms with Crippen LogP contribution in [0, 0.1) is 0 Å². The minimum atomic E-state index is -3.84. The highest BCUT2D eigenvalue weighted by atomic mass is 32.2. The molecule has 0 unspecified atom stereocenters. The molecular formula is C16H22N2O5S2. The number of amides is 1. The molecule has 138 valence electrons. The lowest BCUT2D eigenvalue weighted by molar-refractivity contribution is -0.116. The molecular weight excluding hydrogens is 364 g/mol. The second-order valence-corrected chi connectivity index (χ2v) is 10.9. The van der Waals surface area contributed by atoms with Gasteiger partial charge in [0.2, 0.25) is 15.9 Å². The molecule has 9 heteroatoms. The van der Waals surface area contributed by atoms with E-state index in [1.54, 1.807) is 24.0 Å². The summed E-state index contributed by atoms with van der Waals surface area (Å²) >= 11 is 0. The fraction of sp³-hybridized carbons (Fsp3) is 0.562. The fourth-order valence-corrected chi connectivity index (χ4v) is 7.21. The van der Waals surface area contributed by atoms with Crippen LogP contribution in [0.4, 0.5) is 5.69 Å². The Morgan fingerprint density at radius 2 is 2.04 bits per heavy atom. The summed E-state index contributed by atoms with van der Waals surface area (Å²) in [6.07, 6.45) is 1.74. The van der Waals surface area contributed by atoms with Crippen molar-refractivity contribution in [2.45, 2.75) is 43.5 Å². The first-order valence-corrected chi connectivity index (χ1v) is 11.5. The molecule has 1 saturated heterocycles. The molecule has 1 fully saturated rings. The van der Waals surface area contributed by atoms with E-state index in [4.69, 9.17) is 0 Å². The lowest BCUT2D eigenvalue weighted by atomic mass is 10.0. The summed E-state index contributed by atoms with van der Waals surface area (Å²) in [5.74, 6) is -0.273. The van der Waals surface area contributed by atoms with Gasteiger partial charge in [-0.25, -0.2) is 21.6 Å². The Bertz CT molecular complexity index is 924. The van der Waals surface area contributed by atoms with E-state index in [9.17, 15) is 21.6 Å². The van der Waals surface area contributed by atoms with Gasteiger partial charge in [0.1, 0.15) is 0 Å². The highest BCUT2D eigenvalue weighted by molar-refractivity contribution is 7.92. The van der Waals surface area contributed by atoms with E-state index in [2.05, 4.69) is 4.72 Å². The molecule has 1 aromatic rings. The van der Waals surface area contributed by atoms with Gasteiger partial charge >= 0.3 is 0 Å². The number of sulfone groups is 1. The molecule has 2 aliphatic heterocycles. The number of nitrogens with zero attached hydrogens (tertiary/aromatic N) is 1. The monoisotopic (exact) mass is 386 g/mol. The van der Waals surface area contributed by atoms with Crippen LogP contribution in [0.25, 0.3) is 0 Å².